The quantitative estimate of drug-likeness (QED) is 0.357. The average Bonchev–Trinajstić information content (AvgIpc) is 2.16. The van der Waals surface area contributed by atoms with Crippen molar-refractivity contribution < 1.29 is 14.3 Å². The maximum absolute atomic E-state index is 11.2. The molecule has 1 rings (SSSR count). The van der Waals surface area contributed by atoms with E-state index in [0.717, 1.165) is 12.8 Å². The van der Waals surface area contributed by atoms with Crippen LogP contribution in [0.5, 0.6) is 0 Å². The highest BCUT2D eigenvalue weighted by atomic mass is 16.5. The molecule has 0 heterocycles. The fourth-order valence-corrected chi connectivity index (χ4v) is 1.14. The van der Waals surface area contributed by atoms with E-state index in [9.17, 15) is 9.59 Å². The Balaban J connectivity index is 2.45. The van der Waals surface area contributed by atoms with Crippen molar-refractivity contribution in [3.05, 3.63) is 11.6 Å². The first-order valence-electron chi connectivity index (χ1n) is 4.09. The van der Waals surface area contributed by atoms with Crippen LogP contribution in [0, 0.1) is 12.3 Å². The van der Waals surface area contributed by atoms with E-state index in [4.69, 9.17) is 6.42 Å². The smallest absolute Gasteiger partial charge is 0.384 e. The van der Waals surface area contributed by atoms with Crippen molar-refractivity contribution in [2.24, 2.45) is 0 Å². The molecule has 13 heavy (non-hydrogen) atoms. The number of terminal acetylenes is 1. The van der Waals surface area contributed by atoms with Crippen molar-refractivity contribution in [2.75, 3.05) is 6.61 Å². The molecule has 0 bridgehead atoms. The summed E-state index contributed by atoms with van der Waals surface area (Å²) < 4.78 is 4.64. The van der Waals surface area contributed by atoms with Crippen molar-refractivity contribution in [3.8, 4) is 12.3 Å². The van der Waals surface area contributed by atoms with Gasteiger partial charge in [-0.3, -0.25) is 4.79 Å². The Labute approximate surface area is 76.8 Å². The van der Waals surface area contributed by atoms with Gasteiger partial charge in [-0.1, -0.05) is 6.08 Å². The van der Waals surface area contributed by atoms with Crippen LogP contribution in [0.3, 0.4) is 0 Å². The summed E-state index contributed by atoms with van der Waals surface area (Å²) in [6.45, 7) is 0.0157. The second-order valence-electron chi connectivity index (χ2n) is 2.77. The fraction of sp³-hybridized carbons (Fsp3) is 0.400. The van der Waals surface area contributed by atoms with Gasteiger partial charge in [-0.15, -0.1) is 6.42 Å². The Hall–Kier alpha value is -1.56. The number of hydrogen-bond donors (Lipinski definition) is 0. The molecule has 1 aliphatic rings. The van der Waals surface area contributed by atoms with E-state index in [0.29, 0.717) is 12.0 Å². The first kappa shape index (κ1) is 9.53. The third kappa shape index (κ3) is 2.75. The van der Waals surface area contributed by atoms with E-state index in [1.165, 1.54) is 0 Å². The molecule has 0 spiro atoms. The Morgan fingerprint density at radius 1 is 1.69 bits per heavy atom. The number of Topliss-reactive ketones (excluding diaryl/α,β-unsaturated/α-hetero) is 1. The molecule has 0 aromatic heterocycles. The molecule has 0 saturated heterocycles. The summed E-state index contributed by atoms with van der Waals surface area (Å²) in [7, 11) is 0. The molecule has 1 aliphatic carbocycles. The Bertz CT molecular complexity index is 294. The van der Waals surface area contributed by atoms with Gasteiger partial charge in [0.25, 0.3) is 0 Å². The summed E-state index contributed by atoms with van der Waals surface area (Å²) in [6, 6.07) is 0. The molecule has 0 atom stereocenters. The number of carbonyl (C=O) groups excluding carboxylic acids is 2. The number of ether oxygens (including phenoxy) is 1. The van der Waals surface area contributed by atoms with Gasteiger partial charge in [0.05, 0.1) is 0 Å². The molecule has 0 aliphatic heterocycles. The molecule has 68 valence electrons. The normalized spacial score (nSPS) is 15.9. The van der Waals surface area contributed by atoms with Crippen molar-refractivity contribution in [1.82, 2.24) is 0 Å². The third-order valence-corrected chi connectivity index (χ3v) is 1.83. The minimum Gasteiger partial charge on any atom is -0.451 e. The third-order valence-electron chi connectivity index (χ3n) is 1.83. The second kappa shape index (κ2) is 4.46. The molecule has 0 aromatic rings. The molecular formula is C10H10O3. The predicted octanol–water partition coefficient (Wildman–Crippen LogP) is 0.842. The van der Waals surface area contributed by atoms with Crippen molar-refractivity contribution in [1.29, 1.82) is 0 Å². The van der Waals surface area contributed by atoms with Gasteiger partial charge in [-0.05, 0) is 12.8 Å². The van der Waals surface area contributed by atoms with Crippen LogP contribution in [0.4, 0.5) is 0 Å². The molecule has 0 saturated carbocycles. The van der Waals surface area contributed by atoms with Gasteiger partial charge in [-0.25, -0.2) is 4.79 Å². The van der Waals surface area contributed by atoms with Crippen LogP contribution in [0.15, 0.2) is 11.6 Å². The Morgan fingerprint density at radius 2 is 2.46 bits per heavy atom. The number of allylic oxidation sites excluding steroid dienone is 1. The maximum Gasteiger partial charge on any atom is 0.384 e. The molecule has 0 aromatic carbocycles. The van der Waals surface area contributed by atoms with E-state index in [2.05, 4.69) is 4.74 Å². The van der Waals surface area contributed by atoms with Crippen molar-refractivity contribution in [2.45, 2.75) is 19.3 Å². The highest BCUT2D eigenvalue weighted by Gasteiger charge is 2.14. The monoisotopic (exact) mass is 178 g/mol. The van der Waals surface area contributed by atoms with E-state index >= 15 is 0 Å². The number of ketones is 1. The predicted molar refractivity (Wildman–Crippen MR) is 46.7 cm³/mol. The summed E-state index contributed by atoms with van der Waals surface area (Å²) >= 11 is 0. The zero-order chi connectivity index (χ0) is 9.68. The molecule has 0 fully saturated rings. The molecule has 0 unspecified atom stereocenters. The van der Waals surface area contributed by atoms with Crippen molar-refractivity contribution in [3.63, 3.8) is 0 Å². The summed E-state index contributed by atoms with van der Waals surface area (Å²) in [5.41, 5.74) is 0.565. The molecule has 0 amide bonds. The van der Waals surface area contributed by atoms with Gasteiger partial charge < -0.3 is 4.74 Å². The minimum absolute atomic E-state index is 0.0157. The van der Waals surface area contributed by atoms with Crippen LogP contribution in [0.2, 0.25) is 0 Å². The standard InChI is InChI=1S/C10H10O3/c1-2-10(12)13-7-8-5-3-4-6-9(8)11/h1,5H,3-4,6-7H2. The first-order chi connectivity index (χ1) is 6.24. The number of carbonyl (C=O) groups is 2. The van der Waals surface area contributed by atoms with E-state index in [1.54, 1.807) is 6.08 Å². The van der Waals surface area contributed by atoms with Crippen LogP contribution >= 0.6 is 0 Å². The van der Waals surface area contributed by atoms with Gasteiger partial charge in [0, 0.05) is 17.9 Å². The number of rotatable bonds is 2. The Kier molecular flexibility index (Phi) is 3.27. The van der Waals surface area contributed by atoms with E-state index < -0.39 is 5.97 Å². The first-order valence-corrected chi connectivity index (χ1v) is 4.09. The molecule has 3 nitrogen and oxygen atoms in total. The van der Waals surface area contributed by atoms with Gasteiger partial charge in [0.1, 0.15) is 6.61 Å². The minimum atomic E-state index is -0.723. The lowest BCUT2D eigenvalue weighted by atomic mass is 9.99. The lowest BCUT2D eigenvalue weighted by Gasteiger charge is -2.10. The maximum atomic E-state index is 11.2. The van der Waals surface area contributed by atoms with Gasteiger partial charge in [-0.2, -0.15) is 0 Å². The summed E-state index contributed by atoms with van der Waals surface area (Å²) in [6.07, 6.45) is 8.89. The lowest BCUT2D eigenvalue weighted by molar-refractivity contribution is -0.136. The molecule has 3 heteroatoms. The second-order valence-corrected chi connectivity index (χ2v) is 2.77. The highest BCUT2D eigenvalue weighted by molar-refractivity contribution is 5.97. The van der Waals surface area contributed by atoms with Crippen LogP contribution < -0.4 is 0 Å². The molecule has 0 radical (unpaired) electrons. The Morgan fingerprint density at radius 3 is 3.08 bits per heavy atom. The van der Waals surface area contributed by atoms with Crippen LogP contribution in [-0.2, 0) is 14.3 Å². The van der Waals surface area contributed by atoms with Crippen molar-refractivity contribution >= 4 is 11.8 Å². The van der Waals surface area contributed by atoms with E-state index in [1.807, 2.05) is 5.92 Å². The van der Waals surface area contributed by atoms with Crippen LogP contribution in [0.25, 0.3) is 0 Å². The number of hydrogen-bond acceptors (Lipinski definition) is 3. The zero-order valence-corrected chi connectivity index (χ0v) is 7.21. The van der Waals surface area contributed by atoms with Gasteiger partial charge in [0.15, 0.2) is 5.78 Å². The molecule has 0 N–H and O–H groups in total. The topological polar surface area (TPSA) is 43.4 Å². The summed E-state index contributed by atoms with van der Waals surface area (Å²) in [5, 5.41) is 0. The summed E-state index contributed by atoms with van der Waals surface area (Å²) in [4.78, 5) is 21.7. The average molecular weight is 178 g/mol. The number of esters is 1. The zero-order valence-electron chi connectivity index (χ0n) is 7.21. The van der Waals surface area contributed by atoms with Crippen LogP contribution in [-0.4, -0.2) is 18.4 Å². The fourth-order valence-electron chi connectivity index (χ4n) is 1.14. The lowest BCUT2D eigenvalue weighted by Crippen LogP contribution is -2.14. The molecular weight excluding hydrogens is 168 g/mol. The summed E-state index contributed by atoms with van der Waals surface area (Å²) in [5.74, 6) is 1.15. The van der Waals surface area contributed by atoms with E-state index in [-0.39, 0.29) is 12.4 Å². The highest BCUT2D eigenvalue weighted by Crippen LogP contribution is 2.13. The van der Waals surface area contributed by atoms with Crippen LogP contribution in [0.1, 0.15) is 19.3 Å². The largest absolute Gasteiger partial charge is 0.451 e. The van der Waals surface area contributed by atoms with Gasteiger partial charge in [0.2, 0.25) is 0 Å². The van der Waals surface area contributed by atoms with Gasteiger partial charge >= 0.3 is 5.97 Å². The SMILES string of the molecule is C#CC(=O)OCC1=CCCCC1=O.